The molecular weight excluding hydrogens is 362 g/mol. The van der Waals surface area contributed by atoms with Gasteiger partial charge >= 0.3 is 0 Å². The topological polar surface area (TPSA) is 54.6 Å². The van der Waals surface area contributed by atoms with Crippen molar-refractivity contribution in [1.82, 2.24) is 9.88 Å². The molecule has 0 saturated carbocycles. The van der Waals surface area contributed by atoms with Crippen LogP contribution >= 0.6 is 0 Å². The number of nitrogens with one attached hydrogen (secondary N) is 1. The van der Waals surface area contributed by atoms with Gasteiger partial charge in [-0.25, -0.2) is 0 Å². The van der Waals surface area contributed by atoms with Crippen LogP contribution in [-0.4, -0.2) is 59.2 Å². The summed E-state index contributed by atoms with van der Waals surface area (Å²) in [5.74, 6) is 0.412. The van der Waals surface area contributed by atoms with Crippen molar-refractivity contribution in [3.05, 3.63) is 41.3 Å². The molecule has 4 atom stereocenters. The van der Waals surface area contributed by atoms with Gasteiger partial charge in [-0.3, -0.25) is 4.79 Å². The maximum Gasteiger partial charge on any atom is 0.149 e. The molecule has 1 aromatic carbocycles. The van der Waals surface area contributed by atoms with Crippen molar-refractivity contribution in [2.45, 2.75) is 31.0 Å². The van der Waals surface area contributed by atoms with Crippen LogP contribution < -0.4 is 4.74 Å². The van der Waals surface area contributed by atoms with Crippen molar-refractivity contribution in [3.8, 4) is 5.75 Å². The summed E-state index contributed by atoms with van der Waals surface area (Å²) < 4.78 is 10.8. The Labute approximate surface area is 174 Å². The molecule has 7 heteroatoms. The van der Waals surface area contributed by atoms with Crippen molar-refractivity contribution in [2.75, 3.05) is 27.3 Å². The van der Waals surface area contributed by atoms with Gasteiger partial charge in [-0.2, -0.15) is 0 Å². The van der Waals surface area contributed by atoms with Crippen molar-refractivity contribution in [1.29, 1.82) is 0 Å². The number of methoxy groups -OCH3 is 2. The van der Waals surface area contributed by atoms with Gasteiger partial charge in [0.1, 0.15) is 19.9 Å². The van der Waals surface area contributed by atoms with E-state index in [2.05, 4.69) is 16.8 Å². The Hall–Kier alpha value is -2.14. The molecule has 1 aromatic heterocycles. The van der Waals surface area contributed by atoms with E-state index < -0.39 is 11.3 Å². The number of aldehydes is 1. The molecule has 0 aliphatic carbocycles. The number of carbonyl (C=O) groups is 1. The molecule has 5 nitrogen and oxygen atoms in total. The van der Waals surface area contributed by atoms with Crippen LogP contribution in [-0.2, 0) is 21.4 Å². The fraction of sp³-hybridized carbons (Fsp3) is 0.500. The van der Waals surface area contributed by atoms with Crippen molar-refractivity contribution in [2.24, 2.45) is 11.8 Å². The van der Waals surface area contributed by atoms with Crippen molar-refractivity contribution in [3.63, 3.8) is 0 Å². The summed E-state index contributed by atoms with van der Waals surface area (Å²) in [4.78, 5) is 17.7. The van der Waals surface area contributed by atoms with Crippen molar-refractivity contribution < 1.29 is 14.3 Å². The van der Waals surface area contributed by atoms with Gasteiger partial charge in [0, 0.05) is 40.7 Å². The second-order valence-electron chi connectivity index (χ2n) is 8.07. The lowest BCUT2D eigenvalue weighted by Gasteiger charge is -2.58. The Kier molecular flexibility index (Phi) is 5.28. The van der Waals surface area contributed by atoms with Crippen LogP contribution in [0.4, 0.5) is 0 Å². The number of H-pyrrole nitrogens is 1. The molecule has 4 rings (SSSR count). The standard InChI is InChI=1S/C22H26B2N2O3/c1-4-13-10-26-9-8-15-19-16(6-5-7-17(19)29-3)25-21(15)22(26,24)20(23)18(13)14(11-27)12-28-2/h5-7,11-13,18,20,25H,4,8-10H2,1-3H3/b14-12-. The maximum absolute atomic E-state index is 11.9. The summed E-state index contributed by atoms with van der Waals surface area (Å²) in [7, 11) is 17.2. The van der Waals surface area contributed by atoms with E-state index in [0.717, 1.165) is 60.1 Å². The number of allylic oxidation sites excluding steroid dienone is 1. The fourth-order valence-electron chi connectivity index (χ4n) is 5.40. The highest BCUT2D eigenvalue weighted by atomic mass is 16.5. The van der Waals surface area contributed by atoms with E-state index in [4.69, 9.17) is 25.2 Å². The Morgan fingerprint density at radius 2 is 2.21 bits per heavy atom. The number of hydrogen-bond donors (Lipinski definition) is 1. The summed E-state index contributed by atoms with van der Waals surface area (Å²) in [6.07, 6.45) is 4.15. The van der Waals surface area contributed by atoms with E-state index in [1.54, 1.807) is 14.2 Å². The number of piperidine rings is 1. The van der Waals surface area contributed by atoms with Crippen LogP contribution in [0.2, 0.25) is 5.82 Å². The minimum atomic E-state index is -0.899. The molecule has 1 saturated heterocycles. The molecular formula is C22H26B2N2O3. The molecule has 148 valence electrons. The summed E-state index contributed by atoms with van der Waals surface area (Å²) in [5, 5.41) is 1.07. The Balaban J connectivity index is 1.89. The molecule has 0 bridgehead atoms. The van der Waals surface area contributed by atoms with Gasteiger partial charge in [-0.05, 0) is 36.0 Å². The van der Waals surface area contributed by atoms with E-state index in [-0.39, 0.29) is 11.8 Å². The Morgan fingerprint density at radius 1 is 1.41 bits per heavy atom. The zero-order chi connectivity index (χ0) is 20.8. The number of aromatic nitrogens is 1. The van der Waals surface area contributed by atoms with Gasteiger partial charge in [-0.15, -0.1) is 0 Å². The van der Waals surface area contributed by atoms with Gasteiger partial charge in [0.15, 0.2) is 0 Å². The second-order valence-corrected chi connectivity index (χ2v) is 8.07. The number of benzene rings is 1. The van der Waals surface area contributed by atoms with E-state index in [1.807, 2.05) is 18.2 Å². The molecule has 29 heavy (non-hydrogen) atoms. The lowest BCUT2D eigenvalue weighted by Crippen LogP contribution is -2.61. The summed E-state index contributed by atoms with van der Waals surface area (Å²) in [5.41, 5.74) is 2.74. The first-order valence-corrected chi connectivity index (χ1v) is 10.2. The number of fused-ring (bicyclic) bond motifs is 5. The molecule has 2 aliphatic heterocycles. The van der Waals surface area contributed by atoms with Gasteiger partial charge in [0.05, 0.1) is 28.3 Å². The third kappa shape index (κ3) is 2.85. The molecule has 3 heterocycles. The van der Waals surface area contributed by atoms with Gasteiger partial charge in [0.2, 0.25) is 0 Å². The first-order chi connectivity index (χ1) is 14.0. The first kappa shape index (κ1) is 20.1. The van der Waals surface area contributed by atoms with E-state index >= 15 is 0 Å². The average Bonchev–Trinajstić information content (AvgIpc) is 3.13. The predicted molar refractivity (Wildman–Crippen MR) is 115 cm³/mol. The molecule has 2 aromatic rings. The highest BCUT2D eigenvalue weighted by Crippen LogP contribution is 2.53. The molecule has 0 amide bonds. The Morgan fingerprint density at radius 3 is 2.86 bits per heavy atom. The molecule has 4 unspecified atom stereocenters. The molecule has 2 aliphatic rings. The number of aromatic amines is 1. The van der Waals surface area contributed by atoms with E-state index in [1.165, 1.54) is 6.26 Å². The van der Waals surface area contributed by atoms with Crippen LogP contribution in [0.25, 0.3) is 10.9 Å². The molecule has 1 N–H and O–H groups in total. The second kappa shape index (κ2) is 7.60. The SMILES string of the molecule is [B]C1C(/C(C=O)=C\OC)C(CC)CN2CCc3c([nH]c4cccc(OC)c34)C12[B]. The monoisotopic (exact) mass is 388 g/mol. The quantitative estimate of drug-likeness (QED) is 0.371. The molecule has 1 fully saturated rings. The normalized spacial score (nSPS) is 29.9. The first-order valence-electron chi connectivity index (χ1n) is 10.2. The van der Waals surface area contributed by atoms with Crippen LogP contribution in [0.3, 0.4) is 0 Å². The number of ether oxygens (including phenoxy) is 2. The Bertz CT molecular complexity index is 957. The van der Waals surface area contributed by atoms with E-state index in [9.17, 15) is 4.79 Å². The van der Waals surface area contributed by atoms with Crippen LogP contribution in [0, 0.1) is 11.8 Å². The van der Waals surface area contributed by atoms with Gasteiger partial charge < -0.3 is 19.4 Å². The minimum absolute atomic E-state index is 0.182. The smallest absolute Gasteiger partial charge is 0.149 e. The molecule has 4 radical (unpaired) electrons. The van der Waals surface area contributed by atoms with Crippen LogP contribution in [0.5, 0.6) is 5.75 Å². The largest absolute Gasteiger partial charge is 0.504 e. The molecule has 0 spiro atoms. The summed E-state index contributed by atoms with van der Waals surface area (Å²) in [6, 6.07) is 5.97. The number of rotatable bonds is 5. The number of carbonyl (C=O) groups excluding carboxylic acids is 1. The number of nitrogens with zero attached hydrogens (tertiary/aromatic N) is 1. The lowest BCUT2D eigenvalue weighted by molar-refractivity contribution is -0.106. The zero-order valence-electron chi connectivity index (χ0n) is 17.3. The predicted octanol–water partition coefficient (Wildman–Crippen LogP) is 2.70. The third-order valence-corrected chi connectivity index (χ3v) is 6.82. The van der Waals surface area contributed by atoms with Crippen molar-refractivity contribution >= 4 is 32.9 Å². The lowest BCUT2D eigenvalue weighted by atomic mass is 9.47. The van der Waals surface area contributed by atoms with Crippen LogP contribution in [0.1, 0.15) is 24.6 Å². The summed E-state index contributed by atoms with van der Waals surface area (Å²) >= 11 is 0. The maximum atomic E-state index is 11.9. The minimum Gasteiger partial charge on any atom is -0.504 e. The zero-order valence-corrected chi connectivity index (χ0v) is 17.3. The van der Waals surface area contributed by atoms with Gasteiger partial charge in [-0.1, -0.05) is 25.2 Å². The highest BCUT2D eigenvalue weighted by Gasteiger charge is 2.52. The fourth-order valence-corrected chi connectivity index (χ4v) is 5.40. The third-order valence-electron chi connectivity index (χ3n) is 6.82. The number of hydrogen-bond acceptors (Lipinski definition) is 4. The van der Waals surface area contributed by atoms with E-state index in [0.29, 0.717) is 5.57 Å². The summed E-state index contributed by atoms with van der Waals surface area (Å²) in [6.45, 7) is 3.73. The average molecular weight is 388 g/mol. The van der Waals surface area contributed by atoms with Crippen LogP contribution in [0.15, 0.2) is 30.0 Å². The highest BCUT2D eigenvalue weighted by molar-refractivity contribution is 6.25. The van der Waals surface area contributed by atoms with Gasteiger partial charge in [0.25, 0.3) is 0 Å².